The number of hydrogen-bond donors (Lipinski definition) is 1. The number of nitrogens with one attached hydrogen (secondary N) is 1. The maximum absolute atomic E-state index is 5.21. The smallest absolute Gasteiger partial charge is 0.0816 e. The quantitative estimate of drug-likeness (QED) is 0.803. The average molecular weight is 274 g/mol. The Hall–Kier alpha value is -1.72. The van der Waals surface area contributed by atoms with E-state index < -0.39 is 0 Å². The molecule has 1 heterocycles. The molecule has 0 fully saturated rings. The number of hydrogen-bond acceptors (Lipinski definition) is 4. The van der Waals surface area contributed by atoms with Gasteiger partial charge in [-0.25, -0.2) is 4.68 Å². The van der Waals surface area contributed by atoms with E-state index in [2.05, 4.69) is 22.6 Å². The maximum Gasteiger partial charge on any atom is 0.0816 e. The second-order valence-corrected chi connectivity index (χ2v) is 4.69. The van der Waals surface area contributed by atoms with Gasteiger partial charge in [-0.1, -0.05) is 30.3 Å². The predicted molar refractivity (Wildman–Crippen MR) is 78.9 cm³/mol. The van der Waals surface area contributed by atoms with E-state index in [0.717, 1.165) is 30.8 Å². The van der Waals surface area contributed by atoms with Crippen molar-refractivity contribution in [3.8, 4) is 5.69 Å². The van der Waals surface area contributed by atoms with Crippen molar-refractivity contribution in [3.05, 3.63) is 42.2 Å². The van der Waals surface area contributed by atoms with E-state index in [1.807, 2.05) is 41.2 Å². The summed E-state index contributed by atoms with van der Waals surface area (Å²) in [5, 5.41) is 11.8. The fraction of sp³-hybridized carbons (Fsp3) is 0.467. The molecule has 0 aliphatic carbocycles. The van der Waals surface area contributed by atoms with Gasteiger partial charge in [0.15, 0.2) is 0 Å². The highest BCUT2D eigenvalue weighted by Crippen LogP contribution is 2.19. The molecule has 20 heavy (non-hydrogen) atoms. The van der Waals surface area contributed by atoms with Crippen LogP contribution in [0.3, 0.4) is 0 Å². The summed E-state index contributed by atoms with van der Waals surface area (Å²) in [6.07, 6.45) is 3.82. The Labute approximate surface area is 120 Å². The summed E-state index contributed by atoms with van der Waals surface area (Å²) in [6.45, 7) is 3.84. The molecule has 0 aliphatic rings. The Morgan fingerprint density at radius 2 is 2.10 bits per heavy atom. The second-order valence-electron chi connectivity index (χ2n) is 4.69. The van der Waals surface area contributed by atoms with Gasteiger partial charge < -0.3 is 10.1 Å². The Kier molecular flexibility index (Phi) is 5.70. The molecule has 2 aromatic rings. The van der Waals surface area contributed by atoms with Crippen molar-refractivity contribution >= 4 is 0 Å². The first kappa shape index (κ1) is 14.7. The molecule has 108 valence electrons. The Morgan fingerprint density at radius 1 is 1.30 bits per heavy atom. The van der Waals surface area contributed by atoms with Crippen molar-refractivity contribution in [2.75, 3.05) is 20.3 Å². The van der Waals surface area contributed by atoms with Gasteiger partial charge in [0.2, 0.25) is 0 Å². The van der Waals surface area contributed by atoms with E-state index in [1.54, 1.807) is 7.11 Å². The third kappa shape index (κ3) is 3.65. The topological polar surface area (TPSA) is 52.0 Å². The molecule has 0 radical (unpaired) electrons. The standard InChI is InChI=1S/C15H22N4O/c1-3-10-16-14(9-11-20-2)15-12-17-18-19(15)13-7-5-4-6-8-13/h4-8,12,14,16H,3,9-11H2,1-2H3. The van der Waals surface area contributed by atoms with E-state index in [4.69, 9.17) is 4.74 Å². The maximum atomic E-state index is 5.21. The van der Waals surface area contributed by atoms with Crippen molar-refractivity contribution < 1.29 is 4.74 Å². The van der Waals surface area contributed by atoms with Crippen LogP contribution in [0.4, 0.5) is 0 Å². The van der Waals surface area contributed by atoms with E-state index in [9.17, 15) is 0 Å². The van der Waals surface area contributed by atoms with Crippen LogP contribution in [0.2, 0.25) is 0 Å². The zero-order valence-corrected chi connectivity index (χ0v) is 12.1. The van der Waals surface area contributed by atoms with Gasteiger partial charge in [0.1, 0.15) is 0 Å². The van der Waals surface area contributed by atoms with E-state index >= 15 is 0 Å². The number of benzene rings is 1. The van der Waals surface area contributed by atoms with Crippen LogP contribution in [0.5, 0.6) is 0 Å². The minimum Gasteiger partial charge on any atom is -0.385 e. The van der Waals surface area contributed by atoms with E-state index in [0.29, 0.717) is 6.61 Å². The van der Waals surface area contributed by atoms with Gasteiger partial charge in [-0.05, 0) is 31.5 Å². The lowest BCUT2D eigenvalue weighted by Crippen LogP contribution is -2.25. The molecular formula is C15H22N4O. The molecule has 1 N–H and O–H groups in total. The Balaban J connectivity index is 2.22. The first-order valence-electron chi connectivity index (χ1n) is 7.05. The van der Waals surface area contributed by atoms with Crippen LogP contribution in [0.1, 0.15) is 31.5 Å². The normalized spacial score (nSPS) is 12.5. The van der Waals surface area contributed by atoms with Gasteiger partial charge in [-0.2, -0.15) is 0 Å². The number of nitrogens with zero attached hydrogens (tertiary/aromatic N) is 3. The molecule has 2 rings (SSSR count). The van der Waals surface area contributed by atoms with Crippen LogP contribution in [-0.4, -0.2) is 35.3 Å². The number of aromatic nitrogens is 3. The summed E-state index contributed by atoms with van der Waals surface area (Å²) in [5.41, 5.74) is 2.10. The van der Waals surface area contributed by atoms with E-state index in [-0.39, 0.29) is 6.04 Å². The zero-order chi connectivity index (χ0) is 14.2. The van der Waals surface area contributed by atoms with Gasteiger partial charge in [0, 0.05) is 13.7 Å². The Bertz CT molecular complexity index is 490. The highest BCUT2D eigenvalue weighted by molar-refractivity contribution is 5.32. The number of ether oxygens (including phenoxy) is 1. The van der Waals surface area contributed by atoms with Gasteiger partial charge in [0.25, 0.3) is 0 Å². The van der Waals surface area contributed by atoms with Crippen LogP contribution < -0.4 is 5.32 Å². The molecule has 0 aliphatic heterocycles. The predicted octanol–water partition coefficient (Wildman–Crippen LogP) is 2.34. The number of methoxy groups -OCH3 is 1. The molecule has 1 aromatic carbocycles. The SMILES string of the molecule is CCCNC(CCOC)c1cnnn1-c1ccccc1. The number of rotatable bonds is 8. The highest BCUT2D eigenvalue weighted by atomic mass is 16.5. The van der Waals surface area contributed by atoms with Crippen molar-refractivity contribution in [2.24, 2.45) is 0 Å². The van der Waals surface area contributed by atoms with Crippen LogP contribution in [0.25, 0.3) is 5.69 Å². The lowest BCUT2D eigenvalue weighted by molar-refractivity contribution is 0.182. The minimum atomic E-state index is 0.199. The van der Waals surface area contributed by atoms with Gasteiger partial charge >= 0.3 is 0 Å². The third-order valence-corrected chi connectivity index (χ3v) is 3.18. The fourth-order valence-electron chi connectivity index (χ4n) is 2.16. The summed E-state index contributed by atoms with van der Waals surface area (Å²) in [5.74, 6) is 0. The summed E-state index contributed by atoms with van der Waals surface area (Å²) in [4.78, 5) is 0. The van der Waals surface area contributed by atoms with Crippen molar-refractivity contribution in [1.82, 2.24) is 20.3 Å². The summed E-state index contributed by atoms with van der Waals surface area (Å²) in [7, 11) is 1.73. The van der Waals surface area contributed by atoms with Crippen LogP contribution >= 0.6 is 0 Å². The van der Waals surface area contributed by atoms with E-state index in [1.165, 1.54) is 0 Å². The zero-order valence-electron chi connectivity index (χ0n) is 12.1. The number of para-hydroxylation sites is 1. The van der Waals surface area contributed by atoms with Crippen molar-refractivity contribution in [3.63, 3.8) is 0 Å². The summed E-state index contributed by atoms with van der Waals surface area (Å²) in [6, 6.07) is 10.3. The molecule has 1 atom stereocenters. The van der Waals surface area contributed by atoms with Crippen molar-refractivity contribution in [1.29, 1.82) is 0 Å². The molecule has 0 spiro atoms. The first-order valence-corrected chi connectivity index (χ1v) is 7.05. The summed E-state index contributed by atoms with van der Waals surface area (Å²) >= 11 is 0. The lowest BCUT2D eigenvalue weighted by Gasteiger charge is -2.19. The van der Waals surface area contributed by atoms with Gasteiger partial charge in [0.05, 0.1) is 23.6 Å². The highest BCUT2D eigenvalue weighted by Gasteiger charge is 2.17. The van der Waals surface area contributed by atoms with Crippen LogP contribution in [0.15, 0.2) is 36.5 Å². The lowest BCUT2D eigenvalue weighted by atomic mass is 10.1. The molecular weight excluding hydrogens is 252 g/mol. The molecule has 5 nitrogen and oxygen atoms in total. The third-order valence-electron chi connectivity index (χ3n) is 3.18. The Morgan fingerprint density at radius 3 is 2.80 bits per heavy atom. The molecule has 0 amide bonds. The van der Waals surface area contributed by atoms with Crippen LogP contribution in [0, 0.1) is 0 Å². The monoisotopic (exact) mass is 274 g/mol. The van der Waals surface area contributed by atoms with Crippen molar-refractivity contribution in [2.45, 2.75) is 25.8 Å². The molecule has 0 saturated carbocycles. The summed E-state index contributed by atoms with van der Waals surface area (Å²) < 4.78 is 7.10. The van der Waals surface area contributed by atoms with Crippen LogP contribution in [-0.2, 0) is 4.74 Å². The largest absolute Gasteiger partial charge is 0.385 e. The minimum absolute atomic E-state index is 0.199. The molecule has 1 unspecified atom stereocenters. The molecule has 5 heteroatoms. The second kappa shape index (κ2) is 7.77. The molecule has 0 bridgehead atoms. The fourth-order valence-corrected chi connectivity index (χ4v) is 2.16. The van der Waals surface area contributed by atoms with Gasteiger partial charge in [-0.3, -0.25) is 0 Å². The average Bonchev–Trinajstić information content (AvgIpc) is 2.98. The van der Waals surface area contributed by atoms with Gasteiger partial charge in [-0.15, -0.1) is 5.10 Å². The molecule has 0 saturated heterocycles. The first-order chi connectivity index (χ1) is 9.86. The molecule has 1 aromatic heterocycles.